The van der Waals surface area contributed by atoms with Crippen LogP contribution in [0.4, 0.5) is 11.5 Å². The third-order valence-corrected chi connectivity index (χ3v) is 3.26. The molecule has 0 saturated carbocycles. The first-order valence-corrected chi connectivity index (χ1v) is 7.62. The highest BCUT2D eigenvalue weighted by molar-refractivity contribution is 6.02. The number of rotatable bonds is 7. The summed E-state index contributed by atoms with van der Waals surface area (Å²) < 4.78 is 0. The van der Waals surface area contributed by atoms with Gasteiger partial charge in [0.05, 0.1) is 11.6 Å². The van der Waals surface area contributed by atoms with Crippen LogP contribution in [0.3, 0.4) is 0 Å². The van der Waals surface area contributed by atoms with Crippen molar-refractivity contribution < 1.29 is 4.79 Å². The topological polar surface area (TPSA) is 90.7 Å². The van der Waals surface area contributed by atoms with Gasteiger partial charge in [-0.05, 0) is 42.8 Å². The molecule has 0 unspecified atom stereocenters. The molecule has 118 valence electrons. The van der Waals surface area contributed by atoms with Crippen molar-refractivity contribution in [2.45, 2.75) is 26.2 Å². The zero-order chi connectivity index (χ0) is 16.5. The van der Waals surface area contributed by atoms with Gasteiger partial charge in [0.1, 0.15) is 5.82 Å². The summed E-state index contributed by atoms with van der Waals surface area (Å²) in [7, 11) is 0. The van der Waals surface area contributed by atoms with Crippen molar-refractivity contribution in [3.8, 4) is 6.07 Å². The van der Waals surface area contributed by atoms with Crippen molar-refractivity contribution in [1.29, 1.82) is 5.26 Å². The molecule has 2 rings (SSSR count). The highest BCUT2D eigenvalue weighted by Gasteiger charge is 2.08. The van der Waals surface area contributed by atoms with Gasteiger partial charge in [0.15, 0.2) is 5.69 Å². The Kier molecular flexibility index (Phi) is 6.07. The Balaban J connectivity index is 1.90. The normalized spacial score (nSPS) is 9.91. The Morgan fingerprint density at radius 2 is 1.91 bits per heavy atom. The monoisotopic (exact) mass is 309 g/mol. The number of aromatic nitrogens is 2. The summed E-state index contributed by atoms with van der Waals surface area (Å²) in [5, 5.41) is 22.6. The van der Waals surface area contributed by atoms with Gasteiger partial charge < -0.3 is 10.6 Å². The van der Waals surface area contributed by atoms with Crippen LogP contribution in [-0.2, 0) is 0 Å². The molecule has 0 atom stereocenters. The van der Waals surface area contributed by atoms with E-state index in [4.69, 9.17) is 5.26 Å². The molecule has 2 N–H and O–H groups in total. The smallest absolute Gasteiger partial charge is 0.276 e. The molecule has 23 heavy (non-hydrogen) atoms. The molecule has 0 radical (unpaired) electrons. The summed E-state index contributed by atoms with van der Waals surface area (Å²) in [5.74, 6) is 0.329. The number of anilines is 2. The fraction of sp³-hybridized carbons (Fsp3) is 0.294. The third kappa shape index (κ3) is 5.08. The third-order valence-electron chi connectivity index (χ3n) is 3.26. The van der Waals surface area contributed by atoms with Gasteiger partial charge in [-0.25, -0.2) is 0 Å². The zero-order valence-corrected chi connectivity index (χ0v) is 13.0. The lowest BCUT2D eigenvalue weighted by Crippen LogP contribution is -2.15. The van der Waals surface area contributed by atoms with Crippen molar-refractivity contribution in [3.63, 3.8) is 0 Å². The highest BCUT2D eigenvalue weighted by atomic mass is 16.1. The molecule has 1 heterocycles. The van der Waals surface area contributed by atoms with Crippen molar-refractivity contribution in [1.82, 2.24) is 10.2 Å². The van der Waals surface area contributed by atoms with Crippen molar-refractivity contribution >= 4 is 17.4 Å². The fourth-order valence-corrected chi connectivity index (χ4v) is 1.96. The Labute approximate surface area is 135 Å². The predicted molar refractivity (Wildman–Crippen MR) is 89.2 cm³/mol. The molecule has 0 aliphatic rings. The first kappa shape index (κ1) is 16.4. The Morgan fingerprint density at radius 1 is 1.13 bits per heavy atom. The maximum absolute atomic E-state index is 12.1. The molecule has 6 heteroatoms. The number of hydrogen-bond donors (Lipinski definition) is 2. The van der Waals surface area contributed by atoms with Crippen LogP contribution in [0.25, 0.3) is 0 Å². The summed E-state index contributed by atoms with van der Waals surface area (Å²) in [6.07, 6.45) is 3.42. The highest BCUT2D eigenvalue weighted by Crippen LogP contribution is 2.10. The van der Waals surface area contributed by atoms with Gasteiger partial charge >= 0.3 is 0 Å². The molecular formula is C17H19N5O. The summed E-state index contributed by atoms with van der Waals surface area (Å²) in [4.78, 5) is 12.1. The molecule has 1 aromatic heterocycles. The first-order chi connectivity index (χ1) is 11.2. The number of amides is 1. The number of benzene rings is 1. The Morgan fingerprint density at radius 3 is 2.52 bits per heavy atom. The van der Waals surface area contributed by atoms with Crippen molar-refractivity contribution in [2.24, 2.45) is 0 Å². The van der Waals surface area contributed by atoms with Crippen LogP contribution in [0, 0.1) is 11.3 Å². The van der Waals surface area contributed by atoms with E-state index in [0.29, 0.717) is 17.1 Å². The second kappa shape index (κ2) is 8.49. The molecular weight excluding hydrogens is 290 g/mol. The number of nitriles is 1. The molecule has 0 fully saturated rings. The number of nitrogens with zero attached hydrogens (tertiary/aromatic N) is 3. The van der Waals surface area contributed by atoms with Crippen LogP contribution in [0.1, 0.15) is 42.2 Å². The Bertz CT molecular complexity index is 674. The molecule has 0 spiro atoms. The minimum Gasteiger partial charge on any atom is -0.369 e. The minimum atomic E-state index is -0.334. The first-order valence-electron chi connectivity index (χ1n) is 7.62. The number of unbranched alkanes of at least 4 members (excludes halogenated alkanes) is 2. The molecule has 2 aromatic rings. The van der Waals surface area contributed by atoms with Crippen LogP contribution in [0.5, 0.6) is 0 Å². The number of nitrogens with one attached hydrogen (secondary N) is 2. The van der Waals surface area contributed by atoms with E-state index in [-0.39, 0.29) is 11.6 Å². The average molecular weight is 309 g/mol. The largest absolute Gasteiger partial charge is 0.369 e. The standard InChI is InChI=1S/C17H19N5O/c1-2-3-4-11-19-16-10-9-15(21-22-16)17(23)20-14-7-5-13(12-18)6-8-14/h5-10H,2-4,11H2,1H3,(H,19,22)(H,20,23). The SMILES string of the molecule is CCCCCNc1ccc(C(=O)Nc2ccc(C#N)cc2)nn1. The predicted octanol–water partition coefficient (Wildman–Crippen LogP) is 3.20. The molecule has 1 aromatic carbocycles. The van der Waals surface area contributed by atoms with E-state index in [9.17, 15) is 4.79 Å². The van der Waals surface area contributed by atoms with Gasteiger partial charge in [-0.15, -0.1) is 10.2 Å². The van der Waals surface area contributed by atoms with E-state index < -0.39 is 0 Å². The number of carbonyl (C=O) groups is 1. The summed E-state index contributed by atoms with van der Waals surface area (Å²) in [5.41, 5.74) is 1.40. The van der Waals surface area contributed by atoms with Gasteiger partial charge in [0.25, 0.3) is 5.91 Å². The maximum atomic E-state index is 12.1. The molecule has 1 amide bonds. The van der Waals surface area contributed by atoms with E-state index >= 15 is 0 Å². The lowest BCUT2D eigenvalue weighted by atomic mass is 10.2. The van der Waals surface area contributed by atoms with Gasteiger partial charge in [-0.1, -0.05) is 19.8 Å². The average Bonchev–Trinajstić information content (AvgIpc) is 2.60. The number of carbonyl (C=O) groups excluding carboxylic acids is 1. The van der Waals surface area contributed by atoms with Gasteiger partial charge in [0, 0.05) is 12.2 Å². The molecule has 6 nitrogen and oxygen atoms in total. The van der Waals surface area contributed by atoms with Crippen molar-refractivity contribution in [3.05, 3.63) is 47.7 Å². The molecule has 0 aliphatic heterocycles. The maximum Gasteiger partial charge on any atom is 0.276 e. The second-order valence-corrected chi connectivity index (χ2v) is 5.08. The van der Waals surface area contributed by atoms with Gasteiger partial charge in [-0.2, -0.15) is 5.26 Å². The van der Waals surface area contributed by atoms with Crippen molar-refractivity contribution in [2.75, 3.05) is 17.2 Å². The zero-order valence-electron chi connectivity index (χ0n) is 13.0. The lowest BCUT2D eigenvalue weighted by Gasteiger charge is -2.06. The quantitative estimate of drug-likeness (QED) is 0.766. The van der Waals surface area contributed by atoms with E-state index in [0.717, 1.165) is 13.0 Å². The van der Waals surface area contributed by atoms with Gasteiger partial charge in [0.2, 0.25) is 0 Å². The molecule has 0 aliphatic carbocycles. The van der Waals surface area contributed by atoms with Crippen LogP contribution in [0.15, 0.2) is 36.4 Å². The minimum absolute atomic E-state index is 0.244. The van der Waals surface area contributed by atoms with Gasteiger partial charge in [-0.3, -0.25) is 4.79 Å². The van der Waals surface area contributed by atoms with Crippen LogP contribution in [-0.4, -0.2) is 22.6 Å². The lowest BCUT2D eigenvalue weighted by molar-refractivity contribution is 0.102. The molecule has 0 saturated heterocycles. The van der Waals surface area contributed by atoms with E-state index in [1.54, 1.807) is 36.4 Å². The molecule has 0 bridgehead atoms. The summed E-state index contributed by atoms with van der Waals surface area (Å²) >= 11 is 0. The summed E-state index contributed by atoms with van der Waals surface area (Å²) in [6, 6.07) is 12.0. The summed E-state index contributed by atoms with van der Waals surface area (Å²) in [6.45, 7) is 3.00. The second-order valence-electron chi connectivity index (χ2n) is 5.08. The fourth-order valence-electron chi connectivity index (χ4n) is 1.96. The Hall–Kier alpha value is -2.94. The van der Waals surface area contributed by atoms with E-state index in [2.05, 4.69) is 27.8 Å². The van der Waals surface area contributed by atoms with Crippen LogP contribution in [0.2, 0.25) is 0 Å². The number of hydrogen-bond acceptors (Lipinski definition) is 5. The van der Waals surface area contributed by atoms with Crippen LogP contribution < -0.4 is 10.6 Å². The van der Waals surface area contributed by atoms with E-state index in [1.807, 2.05) is 6.07 Å². The van der Waals surface area contributed by atoms with Crippen LogP contribution >= 0.6 is 0 Å². The van der Waals surface area contributed by atoms with E-state index in [1.165, 1.54) is 12.8 Å².